The monoisotopic (exact) mass is 528 g/mol. The third-order valence-corrected chi connectivity index (χ3v) is 11.9. The molecule has 0 aromatic heterocycles. The highest BCUT2D eigenvalue weighted by atomic mass is 32.2. The summed E-state index contributed by atoms with van der Waals surface area (Å²) in [6.45, 7) is 11.7. The average molecular weight is 529 g/mol. The second-order valence-corrected chi connectivity index (χ2v) is 14.5. The Balaban J connectivity index is 1.84. The van der Waals surface area contributed by atoms with E-state index in [4.69, 9.17) is 4.74 Å². The van der Waals surface area contributed by atoms with E-state index in [0.717, 1.165) is 12.8 Å². The van der Waals surface area contributed by atoms with Crippen molar-refractivity contribution in [2.45, 2.75) is 85.7 Å². The SMILES string of the molecule is CCC(C)(CC)c1ccc(Oc2ccc(S(=O)(=O)c3cccc(S(=O)(=O)C(C)(C)CC)c3)cc2)cc1. The molecule has 0 bridgehead atoms. The molecule has 0 aliphatic rings. The highest BCUT2D eigenvalue weighted by Crippen LogP contribution is 2.34. The number of hydrogen-bond acceptors (Lipinski definition) is 5. The zero-order valence-corrected chi connectivity index (χ0v) is 23.5. The number of rotatable bonds is 10. The number of hydrogen-bond donors (Lipinski definition) is 0. The van der Waals surface area contributed by atoms with Crippen LogP contribution in [0.1, 0.15) is 66.4 Å². The van der Waals surface area contributed by atoms with Gasteiger partial charge in [0.15, 0.2) is 9.84 Å². The first kappa shape index (κ1) is 27.9. The van der Waals surface area contributed by atoms with Crippen molar-refractivity contribution in [1.29, 1.82) is 0 Å². The van der Waals surface area contributed by atoms with Crippen LogP contribution in [0.5, 0.6) is 11.5 Å². The molecule has 0 fully saturated rings. The lowest BCUT2D eigenvalue weighted by molar-refractivity contribution is 0.436. The maximum absolute atomic E-state index is 13.3. The van der Waals surface area contributed by atoms with Crippen molar-refractivity contribution < 1.29 is 21.6 Å². The molecule has 0 aliphatic heterocycles. The predicted octanol–water partition coefficient (Wildman–Crippen LogP) is 7.35. The Morgan fingerprint density at radius 3 is 1.64 bits per heavy atom. The Morgan fingerprint density at radius 2 is 1.14 bits per heavy atom. The van der Waals surface area contributed by atoms with Gasteiger partial charge in [-0.2, -0.15) is 0 Å². The fourth-order valence-corrected chi connectivity index (χ4v) is 6.80. The lowest BCUT2D eigenvalue weighted by atomic mass is 9.78. The summed E-state index contributed by atoms with van der Waals surface area (Å²) in [5, 5.41) is 0. The minimum atomic E-state index is -3.91. The lowest BCUT2D eigenvalue weighted by Crippen LogP contribution is -2.31. The average Bonchev–Trinajstić information content (AvgIpc) is 2.89. The summed E-state index contributed by atoms with van der Waals surface area (Å²) >= 11 is 0. The van der Waals surface area contributed by atoms with Crippen LogP contribution in [0.25, 0.3) is 0 Å². The smallest absolute Gasteiger partial charge is 0.206 e. The molecule has 3 aromatic carbocycles. The molecule has 36 heavy (non-hydrogen) atoms. The van der Waals surface area contributed by atoms with Crippen LogP contribution in [0.3, 0.4) is 0 Å². The first-order valence-electron chi connectivity index (χ1n) is 12.3. The lowest BCUT2D eigenvalue weighted by Gasteiger charge is -2.27. The topological polar surface area (TPSA) is 77.5 Å². The van der Waals surface area contributed by atoms with Gasteiger partial charge in [0.1, 0.15) is 11.5 Å². The predicted molar refractivity (Wildman–Crippen MR) is 144 cm³/mol. The number of sulfone groups is 2. The van der Waals surface area contributed by atoms with E-state index in [0.29, 0.717) is 17.9 Å². The van der Waals surface area contributed by atoms with Gasteiger partial charge in [-0.3, -0.25) is 0 Å². The molecule has 0 aliphatic carbocycles. The van der Waals surface area contributed by atoms with E-state index >= 15 is 0 Å². The molecule has 0 saturated heterocycles. The molecule has 5 nitrogen and oxygen atoms in total. The van der Waals surface area contributed by atoms with Crippen LogP contribution in [0.15, 0.2) is 87.5 Å². The number of benzene rings is 3. The maximum Gasteiger partial charge on any atom is 0.206 e. The summed E-state index contributed by atoms with van der Waals surface area (Å²) < 4.78 is 57.5. The maximum atomic E-state index is 13.3. The summed E-state index contributed by atoms with van der Waals surface area (Å²) in [6, 6.07) is 19.7. The molecule has 194 valence electrons. The van der Waals surface area contributed by atoms with Gasteiger partial charge in [-0.15, -0.1) is 0 Å². The Bertz CT molecular complexity index is 1400. The van der Waals surface area contributed by atoms with Crippen molar-refractivity contribution in [2.24, 2.45) is 0 Å². The number of ether oxygens (including phenoxy) is 1. The van der Waals surface area contributed by atoms with Crippen LogP contribution in [0.4, 0.5) is 0 Å². The molecule has 0 unspecified atom stereocenters. The van der Waals surface area contributed by atoms with Gasteiger partial charge in [0.2, 0.25) is 9.84 Å². The molecule has 0 saturated carbocycles. The summed E-state index contributed by atoms with van der Waals surface area (Å²) in [5.41, 5.74) is 1.38. The van der Waals surface area contributed by atoms with E-state index in [1.807, 2.05) is 12.1 Å². The van der Waals surface area contributed by atoms with Gasteiger partial charge in [-0.25, -0.2) is 16.8 Å². The van der Waals surface area contributed by atoms with Crippen molar-refractivity contribution in [2.75, 3.05) is 0 Å². The molecule has 0 spiro atoms. The quantitative estimate of drug-likeness (QED) is 0.275. The van der Waals surface area contributed by atoms with Crippen LogP contribution in [0, 0.1) is 0 Å². The highest BCUT2D eigenvalue weighted by molar-refractivity contribution is 7.93. The fourth-order valence-electron chi connectivity index (χ4n) is 3.86. The first-order valence-corrected chi connectivity index (χ1v) is 15.3. The van der Waals surface area contributed by atoms with E-state index < -0.39 is 24.4 Å². The van der Waals surface area contributed by atoms with Crippen molar-refractivity contribution in [3.63, 3.8) is 0 Å². The Labute approximate surface area is 216 Å². The van der Waals surface area contributed by atoms with Gasteiger partial charge in [0.25, 0.3) is 0 Å². The summed E-state index contributed by atoms with van der Waals surface area (Å²) in [7, 11) is -7.61. The van der Waals surface area contributed by atoms with E-state index in [1.54, 1.807) is 32.9 Å². The zero-order valence-electron chi connectivity index (χ0n) is 21.9. The summed E-state index contributed by atoms with van der Waals surface area (Å²) in [6.07, 6.45) is 2.50. The Hall–Kier alpha value is -2.64. The van der Waals surface area contributed by atoms with Crippen LogP contribution < -0.4 is 4.74 Å². The van der Waals surface area contributed by atoms with Crippen LogP contribution in [-0.2, 0) is 25.1 Å². The molecule has 7 heteroatoms. The third kappa shape index (κ3) is 5.37. The molecule has 0 amide bonds. The first-order chi connectivity index (χ1) is 16.8. The minimum Gasteiger partial charge on any atom is -0.457 e. The van der Waals surface area contributed by atoms with Gasteiger partial charge in [-0.05, 0) is 98.7 Å². The van der Waals surface area contributed by atoms with Gasteiger partial charge in [0, 0.05) is 0 Å². The third-order valence-electron chi connectivity index (χ3n) is 7.49. The van der Waals surface area contributed by atoms with Gasteiger partial charge >= 0.3 is 0 Å². The molecule has 3 rings (SSSR count). The van der Waals surface area contributed by atoms with Crippen molar-refractivity contribution in [1.82, 2.24) is 0 Å². The fraction of sp³-hybridized carbons (Fsp3) is 0.379. The van der Waals surface area contributed by atoms with Crippen LogP contribution in [-0.4, -0.2) is 21.6 Å². The summed E-state index contributed by atoms with van der Waals surface area (Å²) in [4.78, 5) is 0.00635. The van der Waals surface area contributed by atoms with Gasteiger partial charge < -0.3 is 4.74 Å². The second kappa shape index (κ2) is 10.4. The molecule has 0 heterocycles. The molecular formula is C29H36O5S2. The van der Waals surface area contributed by atoms with Crippen LogP contribution in [0.2, 0.25) is 0 Å². The molecular weight excluding hydrogens is 492 g/mol. The van der Waals surface area contributed by atoms with E-state index in [1.165, 1.54) is 42.0 Å². The Kier molecular flexibility index (Phi) is 8.06. The second-order valence-electron chi connectivity index (χ2n) is 9.96. The van der Waals surface area contributed by atoms with Crippen LogP contribution >= 0.6 is 0 Å². The largest absolute Gasteiger partial charge is 0.457 e. The molecule has 0 N–H and O–H groups in total. The Morgan fingerprint density at radius 1 is 0.639 bits per heavy atom. The van der Waals surface area contributed by atoms with E-state index in [2.05, 4.69) is 32.9 Å². The molecule has 3 aromatic rings. The van der Waals surface area contributed by atoms with Gasteiger partial charge in [-0.1, -0.05) is 45.9 Å². The zero-order chi connectivity index (χ0) is 26.8. The van der Waals surface area contributed by atoms with E-state index in [9.17, 15) is 16.8 Å². The molecule has 0 atom stereocenters. The molecule has 0 radical (unpaired) electrons. The summed E-state index contributed by atoms with van der Waals surface area (Å²) in [5.74, 6) is 1.18. The minimum absolute atomic E-state index is 0.000990. The van der Waals surface area contributed by atoms with Crippen molar-refractivity contribution in [3.05, 3.63) is 78.4 Å². The standard InChI is InChI=1S/C29H36O5S2/c1-7-28(4,5)36(32,33)27-12-10-11-26(21-27)35(30,31)25-19-17-24(18-20-25)34-23-15-13-22(14-16-23)29(6,8-2)9-3/h10-21H,7-9H2,1-6H3. The van der Waals surface area contributed by atoms with Crippen molar-refractivity contribution >= 4 is 19.7 Å². The normalized spacial score (nSPS) is 12.9. The van der Waals surface area contributed by atoms with E-state index in [-0.39, 0.29) is 20.1 Å². The van der Waals surface area contributed by atoms with Gasteiger partial charge in [0.05, 0.1) is 19.4 Å². The van der Waals surface area contributed by atoms with Crippen molar-refractivity contribution in [3.8, 4) is 11.5 Å². The highest BCUT2D eigenvalue weighted by Gasteiger charge is 2.34.